The number of nitrogens with one attached hydrogen (secondary N) is 1. The van der Waals surface area contributed by atoms with Crippen LogP contribution in [-0.2, 0) is 20.7 Å². The van der Waals surface area contributed by atoms with Crippen molar-refractivity contribution < 1.29 is 19.4 Å². The monoisotopic (exact) mass is 292 g/mol. The molecule has 2 heterocycles. The molecule has 0 bridgehead atoms. The minimum atomic E-state index is -0.908. The van der Waals surface area contributed by atoms with Crippen molar-refractivity contribution in [1.29, 1.82) is 0 Å². The number of rotatable bonds is 5. The van der Waals surface area contributed by atoms with Gasteiger partial charge in [-0.3, -0.25) is 14.6 Å². The van der Waals surface area contributed by atoms with Gasteiger partial charge in [-0.05, 0) is 31.4 Å². The summed E-state index contributed by atoms with van der Waals surface area (Å²) in [6.07, 6.45) is 2.85. The van der Waals surface area contributed by atoms with Gasteiger partial charge < -0.3 is 15.2 Å². The van der Waals surface area contributed by atoms with Crippen LogP contribution in [-0.4, -0.2) is 40.7 Å². The Hall–Kier alpha value is -1.95. The van der Waals surface area contributed by atoms with E-state index >= 15 is 0 Å². The van der Waals surface area contributed by atoms with Gasteiger partial charge in [0.15, 0.2) is 0 Å². The number of aliphatic carboxylic acids is 1. The number of ether oxygens (including phenoxy) is 1. The molecule has 6 nitrogen and oxygen atoms in total. The molecule has 1 fully saturated rings. The number of amides is 1. The number of aryl methyl sites for hydroxylation is 1. The van der Waals surface area contributed by atoms with Crippen LogP contribution in [0.15, 0.2) is 18.3 Å². The second kappa shape index (κ2) is 6.67. The highest BCUT2D eigenvalue weighted by atomic mass is 16.5. The Labute approximate surface area is 123 Å². The van der Waals surface area contributed by atoms with Gasteiger partial charge in [0.05, 0.1) is 18.4 Å². The third-order valence-corrected chi connectivity index (χ3v) is 3.68. The number of hydrogen-bond donors (Lipinski definition) is 2. The van der Waals surface area contributed by atoms with Crippen molar-refractivity contribution in [1.82, 2.24) is 10.3 Å². The number of nitrogens with zero attached hydrogens (tertiary/aromatic N) is 1. The molecule has 0 aliphatic carbocycles. The summed E-state index contributed by atoms with van der Waals surface area (Å²) < 4.78 is 5.27. The molecule has 1 aromatic rings. The molecule has 2 N–H and O–H groups in total. The van der Waals surface area contributed by atoms with Crippen molar-refractivity contribution in [3.05, 3.63) is 29.6 Å². The van der Waals surface area contributed by atoms with Crippen molar-refractivity contribution in [3.63, 3.8) is 0 Å². The fourth-order valence-corrected chi connectivity index (χ4v) is 2.53. The Morgan fingerprint density at radius 1 is 1.38 bits per heavy atom. The zero-order valence-electron chi connectivity index (χ0n) is 12.1. The lowest BCUT2D eigenvalue weighted by Gasteiger charge is -2.36. The maximum atomic E-state index is 12.2. The van der Waals surface area contributed by atoms with Crippen LogP contribution >= 0.6 is 0 Å². The zero-order valence-corrected chi connectivity index (χ0v) is 12.1. The number of aromatic nitrogens is 1. The molecule has 1 aromatic heterocycles. The molecule has 6 heteroatoms. The molecule has 2 rings (SSSR count). The quantitative estimate of drug-likeness (QED) is 0.847. The van der Waals surface area contributed by atoms with Gasteiger partial charge in [0.2, 0.25) is 5.91 Å². The van der Waals surface area contributed by atoms with Gasteiger partial charge in [0.1, 0.15) is 0 Å². The van der Waals surface area contributed by atoms with Crippen molar-refractivity contribution in [3.8, 4) is 0 Å². The van der Waals surface area contributed by atoms with Gasteiger partial charge in [0.25, 0.3) is 0 Å². The number of hydrogen-bond acceptors (Lipinski definition) is 4. The minimum Gasteiger partial charge on any atom is -0.481 e. The van der Waals surface area contributed by atoms with Crippen molar-refractivity contribution in [2.45, 2.75) is 38.1 Å². The second-order valence-corrected chi connectivity index (χ2v) is 5.50. The molecule has 1 aliphatic heterocycles. The van der Waals surface area contributed by atoms with Gasteiger partial charge in [-0.2, -0.15) is 0 Å². The van der Waals surface area contributed by atoms with E-state index in [1.807, 2.05) is 19.1 Å². The smallest absolute Gasteiger partial charge is 0.305 e. The van der Waals surface area contributed by atoms with Crippen LogP contribution in [0.2, 0.25) is 0 Å². The molecule has 0 atom stereocenters. The first kappa shape index (κ1) is 15.4. The van der Waals surface area contributed by atoms with Crippen LogP contribution in [0, 0.1) is 6.92 Å². The maximum Gasteiger partial charge on any atom is 0.305 e. The van der Waals surface area contributed by atoms with E-state index in [1.165, 1.54) is 0 Å². The largest absolute Gasteiger partial charge is 0.481 e. The fraction of sp³-hybridized carbons (Fsp3) is 0.533. The van der Waals surface area contributed by atoms with Gasteiger partial charge in [-0.25, -0.2) is 0 Å². The Morgan fingerprint density at radius 2 is 2.10 bits per heavy atom. The van der Waals surface area contributed by atoms with E-state index in [9.17, 15) is 9.59 Å². The van der Waals surface area contributed by atoms with Gasteiger partial charge in [-0.15, -0.1) is 0 Å². The first-order valence-electron chi connectivity index (χ1n) is 7.01. The van der Waals surface area contributed by atoms with Crippen molar-refractivity contribution in [2.75, 3.05) is 13.2 Å². The highest BCUT2D eigenvalue weighted by molar-refractivity contribution is 5.80. The number of carboxylic acids is 1. The molecule has 1 saturated heterocycles. The van der Waals surface area contributed by atoms with E-state index in [2.05, 4.69) is 10.3 Å². The summed E-state index contributed by atoms with van der Waals surface area (Å²) >= 11 is 0. The number of carbonyl (C=O) groups is 2. The molecule has 0 saturated carbocycles. The third-order valence-electron chi connectivity index (χ3n) is 3.68. The van der Waals surface area contributed by atoms with E-state index in [1.54, 1.807) is 6.20 Å². The van der Waals surface area contributed by atoms with E-state index < -0.39 is 11.5 Å². The van der Waals surface area contributed by atoms with Gasteiger partial charge in [0, 0.05) is 25.1 Å². The Bertz CT molecular complexity index is 507. The Morgan fingerprint density at radius 3 is 2.67 bits per heavy atom. The normalized spacial score (nSPS) is 17.2. The molecular weight excluding hydrogens is 272 g/mol. The number of pyridine rings is 1. The van der Waals surface area contributed by atoms with Crippen molar-refractivity contribution >= 4 is 11.9 Å². The molecular formula is C15H20N2O4. The van der Waals surface area contributed by atoms with Crippen LogP contribution in [0.5, 0.6) is 0 Å². The van der Waals surface area contributed by atoms with E-state index in [4.69, 9.17) is 9.84 Å². The van der Waals surface area contributed by atoms with Crippen molar-refractivity contribution in [2.24, 2.45) is 0 Å². The highest BCUT2D eigenvalue weighted by Crippen LogP contribution is 2.24. The predicted molar refractivity (Wildman–Crippen MR) is 75.9 cm³/mol. The molecule has 1 aliphatic rings. The molecule has 0 aromatic carbocycles. The zero-order chi connectivity index (χ0) is 15.3. The minimum absolute atomic E-state index is 0.0752. The SMILES string of the molecule is Cc1ccc(CC(=O)NC2(CC(=O)O)CCOCC2)cn1. The summed E-state index contributed by atoms with van der Waals surface area (Å²) in [5.74, 6) is -1.09. The summed E-state index contributed by atoms with van der Waals surface area (Å²) in [5, 5.41) is 12.0. The lowest BCUT2D eigenvalue weighted by Crippen LogP contribution is -2.53. The third kappa shape index (κ3) is 4.53. The first-order chi connectivity index (χ1) is 9.99. The fourth-order valence-electron chi connectivity index (χ4n) is 2.53. The summed E-state index contributed by atoms with van der Waals surface area (Å²) in [4.78, 5) is 27.4. The molecule has 21 heavy (non-hydrogen) atoms. The van der Waals surface area contributed by atoms with Crippen LogP contribution in [0.4, 0.5) is 0 Å². The topological polar surface area (TPSA) is 88.5 Å². The van der Waals surface area contributed by atoms with Gasteiger partial charge >= 0.3 is 5.97 Å². The molecule has 114 valence electrons. The predicted octanol–water partition coefficient (Wildman–Crippen LogP) is 1.07. The summed E-state index contributed by atoms with van der Waals surface area (Å²) in [5.41, 5.74) is 1.01. The lowest BCUT2D eigenvalue weighted by atomic mass is 9.86. The lowest BCUT2D eigenvalue weighted by molar-refractivity contribution is -0.140. The Balaban J connectivity index is 2.00. The second-order valence-electron chi connectivity index (χ2n) is 5.50. The van der Waals surface area contributed by atoms with E-state index in [0.29, 0.717) is 26.1 Å². The average molecular weight is 292 g/mol. The van der Waals surface area contributed by atoms with Crippen LogP contribution in [0.3, 0.4) is 0 Å². The Kier molecular flexibility index (Phi) is 4.90. The molecule has 0 unspecified atom stereocenters. The van der Waals surface area contributed by atoms with E-state index in [0.717, 1.165) is 11.3 Å². The number of carbonyl (C=O) groups excluding carboxylic acids is 1. The molecule has 0 radical (unpaired) electrons. The molecule has 0 spiro atoms. The maximum absolute atomic E-state index is 12.2. The summed E-state index contributed by atoms with van der Waals surface area (Å²) in [6, 6.07) is 3.71. The summed E-state index contributed by atoms with van der Waals surface area (Å²) in [7, 11) is 0. The van der Waals surface area contributed by atoms with Crippen LogP contribution in [0.25, 0.3) is 0 Å². The standard InChI is InChI=1S/C15H20N2O4/c1-11-2-3-12(10-16-11)8-13(18)17-15(9-14(19)20)4-6-21-7-5-15/h2-3,10H,4-9H2,1H3,(H,17,18)(H,19,20). The van der Waals surface area contributed by atoms with Gasteiger partial charge in [-0.1, -0.05) is 6.07 Å². The summed E-state index contributed by atoms with van der Waals surface area (Å²) in [6.45, 7) is 2.83. The first-order valence-corrected chi connectivity index (χ1v) is 7.01. The number of carboxylic acid groups (broad SMARTS) is 1. The van der Waals surface area contributed by atoms with Crippen LogP contribution in [0.1, 0.15) is 30.5 Å². The average Bonchev–Trinajstić information content (AvgIpc) is 2.41. The highest BCUT2D eigenvalue weighted by Gasteiger charge is 2.36. The van der Waals surface area contributed by atoms with Crippen LogP contribution < -0.4 is 5.32 Å². The van der Waals surface area contributed by atoms with E-state index in [-0.39, 0.29) is 18.7 Å². The molecule has 1 amide bonds.